The molecule has 104 valence electrons. The van der Waals surface area contributed by atoms with Crippen LogP contribution in [0.4, 0.5) is 4.39 Å². The van der Waals surface area contributed by atoms with Gasteiger partial charge < -0.3 is 5.11 Å². The van der Waals surface area contributed by atoms with E-state index in [1.165, 1.54) is 6.07 Å². The molecule has 3 nitrogen and oxygen atoms in total. The summed E-state index contributed by atoms with van der Waals surface area (Å²) in [7, 11) is 0. The van der Waals surface area contributed by atoms with Gasteiger partial charge in [-0.15, -0.1) is 0 Å². The van der Waals surface area contributed by atoms with Gasteiger partial charge in [0.25, 0.3) is 0 Å². The van der Waals surface area contributed by atoms with E-state index in [1.807, 2.05) is 31.2 Å². The fourth-order valence-electron chi connectivity index (χ4n) is 2.38. The number of carboxylic acid groups (broad SMARTS) is 1. The van der Waals surface area contributed by atoms with Gasteiger partial charge in [0.1, 0.15) is 11.4 Å². The summed E-state index contributed by atoms with van der Waals surface area (Å²) in [5, 5.41) is 10.1. The van der Waals surface area contributed by atoms with E-state index in [0.29, 0.717) is 11.1 Å². The number of rotatable bonds is 2. The van der Waals surface area contributed by atoms with Crippen LogP contribution in [-0.2, 0) is 0 Å². The maximum absolute atomic E-state index is 13.8. The molecule has 21 heavy (non-hydrogen) atoms. The molecule has 0 saturated heterocycles. The van der Waals surface area contributed by atoms with Crippen molar-refractivity contribution in [3.63, 3.8) is 0 Å². The molecule has 0 atom stereocenters. The summed E-state index contributed by atoms with van der Waals surface area (Å²) in [6.07, 6.45) is 0. The number of pyridine rings is 1. The van der Waals surface area contributed by atoms with Gasteiger partial charge in [0.15, 0.2) is 0 Å². The summed E-state index contributed by atoms with van der Waals surface area (Å²) >= 11 is 0. The highest BCUT2D eigenvalue weighted by Crippen LogP contribution is 2.28. The van der Waals surface area contributed by atoms with Crippen LogP contribution >= 0.6 is 0 Å². The fourth-order valence-corrected chi connectivity index (χ4v) is 2.38. The van der Waals surface area contributed by atoms with Gasteiger partial charge in [-0.25, -0.2) is 9.18 Å². The van der Waals surface area contributed by atoms with E-state index in [2.05, 4.69) is 4.98 Å². The average Bonchev–Trinajstić information content (AvgIpc) is 2.46. The molecule has 0 aliphatic heterocycles. The van der Waals surface area contributed by atoms with E-state index in [0.717, 1.165) is 22.7 Å². The molecule has 1 N–H and O–H groups in total. The minimum Gasteiger partial charge on any atom is -0.478 e. The van der Waals surface area contributed by atoms with Crippen molar-refractivity contribution >= 4 is 16.9 Å². The van der Waals surface area contributed by atoms with Crippen molar-refractivity contribution in [1.29, 1.82) is 0 Å². The summed E-state index contributed by atoms with van der Waals surface area (Å²) in [4.78, 5) is 15.7. The molecule has 0 unspecified atom stereocenters. The third kappa shape index (κ3) is 2.36. The van der Waals surface area contributed by atoms with Crippen LogP contribution in [0, 0.1) is 12.7 Å². The number of halogens is 1. The van der Waals surface area contributed by atoms with Crippen LogP contribution in [0.15, 0.2) is 48.5 Å². The molecular formula is C17H12FNO2. The minimum absolute atomic E-state index is 0.308. The Morgan fingerprint density at radius 2 is 1.95 bits per heavy atom. The van der Waals surface area contributed by atoms with Crippen LogP contribution in [-0.4, -0.2) is 16.1 Å². The predicted octanol–water partition coefficient (Wildman–Crippen LogP) is 4.05. The van der Waals surface area contributed by atoms with Crippen molar-refractivity contribution < 1.29 is 14.3 Å². The lowest BCUT2D eigenvalue weighted by Gasteiger charge is -2.08. The molecule has 0 fully saturated rings. The third-order valence-electron chi connectivity index (χ3n) is 3.37. The highest BCUT2D eigenvalue weighted by Gasteiger charge is 2.16. The lowest BCUT2D eigenvalue weighted by Crippen LogP contribution is -2.03. The van der Waals surface area contributed by atoms with Gasteiger partial charge in [0.2, 0.25) is 0 Å². The molecule has 0 radical (unpaired) electrons. The highest BCUT2D eigenvalue weighted by atomic mass is 19.1. The lowest BCUT2D eigenvalue weighted by atomic mass is 9.98. The largest absolute Gasteiger partial charge is 0.478 e. The molecule has 3 aromatic rings. The standard InChI is InChI=1S/C17H12FNO2/c1-10-5-6-12-9-11(7-8-15(12)19-10)13-3-2-4-14(18)16(13)17(20)21/h2-9H,1H3,(H,20,21). The molecule has 0 aliphatic rings. The smallest absolute Gasteiger partial charge is 0.339 e. The second-order valence-electron chi connectivity index (χ2n) is 4.83. The molecule has 0 saturated carbocycles. The van der Waals surface area contributed by atoms with Crippen LogP contribution in [0.3, 0.4) is 0 Å². The molecule has 1 heterocycles. The van der Waals surface area contributed by atoms with E-state index in [9.17, 15) is 14.3 Å². The van der Waals surface area contributed by atoms with E-state index < -0.39 is 11.8 Å². The summed E-state index contributed by atoms with van der Waals surface area (Å²) in [5.74, 6) is -2.01. The Labute approximate surface area is 120 Å². The van der Waals surface area contributed by atoms with E-state index in [-0.39, 0.29) is 5.56 Å². The topological polar surface area (TPSA) is 50.2 Å². The van der Waals surface area contributed by atoms with Crippen LogP contribution < -0.4 is 0 Å². The Morgan fingerprint density at radius 1 is 1.14 bits per heavy atom. The molecule has 0 aliphatic carbocycles. The third-order valence-corrected chi connectivity index (χ3v) is 3.37. The summed E-state index contributed by atoms with van der Waals surface area (Å²) in [6.45, 7) is 1.91. The molecule has 4 heteroatoms. The van der Waals surface area contributed by atoms with Crippen molar-refractivity contribution in [1.82, 2.24) is 4.98 Å². The number of nitrogens with zero attached hydrogens (tertiary/aromatic N) is 1. The second kappa shape index (κ2) is 4.98. The normalized spacial score (nSPS) is 10.8. The van der Waals surface area contributed by atoms with Gasteiger partial charge >= 0.3 is 5.97 Å². The van der Waals surface area contributed by atoms with Crippen molar-refractivity contribution in [3.8, 4) is 11.1 Å². The minimum atomic E-state index is -1.27. The van der Waals surface area contributed by atoms with Gasteiger partial charge in [-0.2, -0.15) is 0 Å². The quantitative estimate of drug-likeness (QED) is 0.771. The number of aromatic carboxylic acids is 1. The van der Waals surface area contributed by atoms with E-state index in [1.54, 1.807) is 12.1 Å². The Bertz CT molecular complexity index is 859. The number of aryl methyl sites for hydroxylation is 1. The molecular weight excluding hydrogens is 269 g/mol. The first-order valence-electron chi connectivity index (χ1n) is 6.46. The highest BCUT2D eigenvalue weighted by molar-refractivity contribution is 5.97. The van der Waals surface area contributed by atoms with Gasteiger partial charge in [-0.1, -0.05) is 24.3 Å². The molecule has 1 aromatic heterocycles. The van der Waals surface area contributed by atoms with Crippen LogP contribution in [0.2, 0.25) is 0 Å². The Morgan fingerprint density at radius 3 is 2.71 bits per heavy atom. The number of hydrogen-bond acceptors (Lipinski definition) is 2. The zero-order chi connectivity index (χ0) is 15.0. The first-order valence-corrected chi connectivity index (χ1v) is 6.46. The maximum Gasteiger partial charge on any atom is 0.339 e. The Kier molecular flexibility index (Phi) is 3.14. The maximum atomic E-state index is 13.8. The summed E-state index contributed by atoms with van der Waals surface area (Å²) in [5.41, 5.74) is 2.45. The van der Waals surface area contributed by atoms with Crippen molar-refractivity contribution in [2.75, 3.05) is 0 Å². The molecule has 0 bridgehead atoms. The summed E-state index contributed by atoms with van der Waals surface area (Å²) in [6, 6.07) is 13.5. The average molecular weight is 281 g/mol. The van der Waals surface area contributed by atoms with E-state index in [4.69, 9.17) is 0 Å². The van der Waals surface area contributed by atoms with E-state index >= 15 is 0 Å². The molecule has 2 aromatic carbocycles. The lowest BCUT2D eigenvalue weighted by molar-refractivity contribution is 0.0693. The fraction of sp³-hybridized carbons (Fsp3) is 0.0588. The zero-order valence-electron chi connectivity index (χ0n) is 11.3. The predicted molar refractivity (Wildman–Crippen MR) is 78.8 cm³/mol. The van der Waals surface area contributed by atoms with Crippen LogP contribution in [0.5, 0.6) is 0 Å². The Balaban J connectivity index is 2.24. The monoisotopic (exact) mass is 281 g/mol. The van der Waals surface area contributed by atoms with Crippen LogP contribution in [0.1, 0.15) is 16.1 Å². The van der Waals surface area contributed by atoms with Crippen molar-refractivity contribution in [2.45, 2.75) is 6.92 Å². The van der Waals surface area contributed by atoms with Gasteiger partial charge in [-0.05, 0) is 42.3 Å². The van der Waals surface area contributed by atoms with Gasteiger partial charge in [0, 0.05) is 11.1 Å². The van der Waals surface area contributed by atoms with Gasteiger partial charge in [0.05, 0.1) is 5.52 Å². The molecule has 0 spiro atoms. The van der Waals surface area contributed by atoms with Crippen molar-refractivity contribution in [3.05, 3.63) is 65.6 Å². The number of hydrogen-bond donors (Lipinski definition) is 1. The SMILES string of the molecule is Cc1ccc2cc(-c3cccc(F)c3C(=O)O)ccc2n1. The summed E-state index contributed by atoms with van der Waals surface area (Å²) < 4.78 is 13.8. The first-order chi connectivity index (χ1) is 10.1. The molecule has 0 amide bonds. The van der Waals surface area contributed by atoms with Gasteiger partial charge in [-0.3, -0.25) is 4.98 Å². The number of aromatic nitrogens is 1. The number of carbonyl (C=O) groups is 1. The first kappa shape index (κ1) is 13.2. The number of fused-ring (bicyclic) bond motifs is 1. The Hall–Kier alpha value is -2.75. The second-order valence-corrected chi connectivity index (χ2v) is 4.83. The number of carboxylic acids is 1. The molecule has 3 rings (SSSR count). The van der Waals surface area contributed by atoms with Crippen LogP contribution in [0.25, 0.3) is 22.0 Å². The number of benzene rings is 2. The zero-order valence-corrected chi connectivity index (χ0v) is 11.3. The van der Waals surface area contributed by atoms with Crippen molar-refractivity contribution in [2.24, 2.45) is 0 Å².